The third-order valence-electron chi connectivity index (χ3n) is 5.28. The van der Waals surface area contributed by atoms with Gasteiger partial charge >= 0.3 is 0 Å². The number of hydrogen-bond donors (Lipinski definition) is 2. The number of benzene rings is 1. The molecule has 0 aromatic heterocycles. The summed E-state index contributed by atoms with van der Waals surface area (Å²) in [5.41, 5.74) is 1.20. The summed E-state index contributed by atoms with van der Waals surface area (Å²) in [7, 11) is -5.12. The Morgan fingerprint density at radius 2 is 1.80 bits per heavy atom. The molecule has 1 heterocycles. The van der Waals surface area contributed by atoms with E-state index in [1.807, 2.05) is 6.92 Å². The fraction of sp³-hybridized carbons (Fsp3) is 0.632. The van der Waals surface area contributed by atoms with Crippen molar-refractivity contribution in [3.63, 3.8) is 0 Å². The van der Waals surface area contributed by atoms with Crippen LogP contribution in [-0.2, 0) is 24.7 Å². The Balaban J connectivity index is 2.19. The Morgan fingerprint density at radius 1 is 1.13 bits per heavy atom. The summed E-state index contributed by atoms with van der Waals surface area (Å²) in [6.45, 7) is 6.78. The highest BCUT2D eigenvalue weighted by Gasteiger charge is 2.32. The quantitative estimate of drug-likeness (QED) is 0.539. The maximum atomic E-state index is 12.8. The largest absolute Gasteiger partial charge is 0.384 e. The van der Waals surface area contributed by atoms with Crippen molar-refractivity contribution in [2.45, 2.75) is 38.1 Å². The summed E-state index contributed by atoms with van der Waals surface area (Å²) in [5, 5.41) is 6.18. The highest BCUT2D eigenvalue weighted by Crippen LogP contribution is 2.27. The topological polar surface area (TPSA) is 116 Å². The molecule has 2 rings (SSSR count). The highest BCUT2D eigenvalue weighted by atomic mass is 32.2. The number of sulfone groups is 1. The molecule has 170 valence electrons. The van der Waals surface area contributed by atoms with Crippen molar-refractivity contribution in [2.24, 2.45) is 0 Å². The highest BCUT2D eigenvalue weighted by molar-refractivity contribution is 7.91. The van der Waals surface area contributed by atoms with Crippen molar-refractivity contribution >= 4 is 37.1 Å². The van der Waals surface area contributed by atoms with Gasteiger partial charge in [0.05, 0.1) is 34.3 Å². The van der Waals surface area contributed by atoms with Gasteiger partial charge in [0.2, 0.25) is 15.9 Å². The van der Waals surface area contributed by atoms with Crippen LogP contribution in [0.25, 0.3) is 0 Å². The fourth-order valence-corrected chi connectivity index (χ4v) is 6.73. The van der Waals surface area contributed by atoms with Gasteiger partial charge in [-0.05, 0) is 31.5 Å². The smallest absolute Gasteiger partial charge is 0.243 e. The van der Waals surface area contributed by atoms with E-state index in [-0.39, 0.29) is 34.9 Å². The van der Waals surface area contributed by atoms with E-state index in [4.69, 9.17) is 0 Å². The van der Waals surface area contributed by atoms with Gasteiger partial charge in [-0.15, -0.1) is 0 Å². The van der Waals surface area contributed by atoms with Crippen molar-refractivity contribution in [2.75, 3.05) is 55.4 Å². The van der Waals surface area contributed by atoms with E-state index in [1.165, 1.54) is 15.3 Å². The first-order chi connectivity index (χ1) is 14.1. The number of carbonyl (C=O) groups is 1. The van der Waals surface area contributed by atoms with Crippen LogP contribution >= 0.6 is 0 Å². The van der Waals surface area contributed by atoms with Gasteiger partial charge in [-0.1, -0.05) is 13.8 Å². The Labute approximate surface area is 179 Å². The predicted octanol–water partition coefficient (Wildman–Crippen LogP) is 1.21. The Bertz CT molecular complexity index is 959. The molecular formula is C19H32N4O5S2. The van der Waals surface area contributed by atoms with Crippen molar-refractivity contribution < 1.29 is 21.6 Å². The molecule has 30 heavy (non-hydrogen) atoms. The first-order valence-corrected chi connectivity index (χ1v) is 13.4. The maximum Gasteiger partial charge on any atom is 0.243 e. The molecule has 0 aliphatic carbocycles. The second-order valence-corrected chi connectivity index (χ2v) is 11.4. The van der Waals surface area contributed by atoms with E-state index in [0.29, 0.717) is 37.4 Å². The summed E-state index contributed by atoms with van der Waals surface area (Å²) in [4.78, 5) is 14.2. The van der Waals surface area contributed by atoms with E-state index in [1.54, 1.807) is 33.0 Å². The van der Waals surface area contributed by atoms with Gasteiger partial charge in [0.1, 0.15) is 0 Å². The minimum absolute atomic E-state index is 0.0184. The third-order valence-corrected chi connectivity index (χ3v) is 9.08. The third kappa shape index (κ3) is 5.64. The molecule has 9 nitrogen and oxygen atoms in total. The zero-order valence-electron chi connectivity index (χ0n) is 18.0. The van der Waals surface area contributed by atoms with Crippen LogP contribution in [0.3, 0.4) is 0 Å². The van der Waals surface area contributed by atoms with Crippen LogP contribution in [0, 0.1) is 0 Å². The molecule has 0 bridgehead atoms. The van der Waals surface area contributed by atoms with Gasteiger partial charge in [0.15, 0.2) is 9.84 Å². The molecule has 1 atom stereocenters. The summed E-state index contributed by atoms with van der Waals surface area (Å²) in [6, 6.07) is 4.43. The lowest BCUT2D eigenvalue weighted by atomic mass is 10.2. The van der Waals surface area contributed by atoms with Gasteiger partial charge in [0.25, 0.3) is 0 Å². The second kappa shape index (κ2) is 9.97. The lowest BCUT2D eigenvalue weighted by molar-refractivity contribution is -0.129. The van der Waals surface area contributed by atoms with E-state index in [9.17, 15) is 21.6 Å². The molecule has 1 unspecified atom stereocenters. The van der Waals surface area contributed by atoms with Crippen LogP contribution in [0.4, 0.5) is 11.4 Å². The van der Waals surface area contributed by atoms with E-state index < -0.39 is 19.9 Å². The number of sulfonamides is 1. The van der Waals surface area contributed by atoms with Crippen LogP contribution in [0.1, 0.15) is 27.2 Å². The molecule has 1 aromatic carbocycles. The zero-order valence-corrected chi connectivity index (χ0v) is 19.6. The van der Waals surface area contributed by atoms with Gasteiger partial charge in [0, 0.05) is 32.7 Å². The summed E-state index contributed by atoms with van der Waals surface area (Å²) in [6.07, 6.45) is 0.435. The SMILES string of the molecule is CCNc1ccc(S(=O)(=O)N(CC)CC)cc1NCC(=O)N(C)C1CCS(=O)(=O)C1. The average molecular weight is 461 g/mol. The normalized spacial score (nSPS) is 18.4. The number of amides is 1. The Hall–Kier alpha value is -1.85. The molecule has 0 saturated carbocycles. The second-order valence-electron chi connectivity index (χ2n) is 7.24. The lowest BCUT2D eigenvalue weighted by Gasteiger charge is -2.24. The van der Waals surface area contributed by atoms with Crippen LogP contribution in [-0.4, -0.2) is 82.7 Å². The van der Waals surface area contributed by atoms with Crippen molar-refractivity contribution in [3.8, 4) is 0 Å². The fourth-order valence-electron chi connectivity index (χ4n) is 3.47. The zero-order chi connectivity index (χ0) is 22.5. The summed E-state index contributed by atoms with van der Waals surface area (Å²) >= 11 is 0. The van der Waals surface area contributed by atoms with Gasteiger partial charge in [-0.25, -0.2) is 16.8 Å². The van der Waals surface area contributed by atoms with Gasteiger partial charge in [-0.3, -0.25) is 4.79 Å². The number of likely N-dealkylation sites (N-methyl/N-ethyl adjacent to an activating group) is 1. The van der Waals surface area contributed by atoms with Gasteiger partial charge < -0.3 is 15.5 Å². The molecule has 1 aliphatic rings. The summed E-state index contributed by atoms with van der Waals surface area (Å²) in [5.74, 6) is -0.176. The van der Waals surface area contributed by atoms with Crippen LogP contribution in [0.2, 0.25) is 0 Å². The lowest BCUT2D eigenvalue weighted by Crippen LogP contribution is -2.41. The molecular weight excluding hydrogens is 428 g/mol. The number of nitrogens with zero attached hydrogens (tertiary/aromatic N) is 2. The average Bonchev–Trinajstić information content (AvgIpc) is 3.06. The molecule has 1 saturated heterocycles. The van der Waals surface area contributed by atoms with Crippen LogP contribution < -0.4 is 10.6 Å². The minimum Gasteiger partial charge on any atom is -0.384 e. The molecule has 11 heteroatoms. The monoisotopic (exact) mass is 460 g/mol. The number of hydrogen-bond acceptors (Lipinski definition) is 7. The molecule has 1 amide bonds. The van der Waals surface area contributed by atoms with Crippen molar-refractivity contribution in [3.05, 3.63) is 18.2 Å². The molecule has 0 spiro atoms. The number of nitrogens with one attached hydrogen (secondary N) is 2. The minimum atomic E-state index is -3.63. The van der Waals surface area contributed by atoms with Crippen molar-refractivity contribution in [1.29, 1.82) is 0 Å². The molecule has 1 aromatic rings. The van der Waals surface area contributed by atoms with E-state index in [2.05, 4.69) is 10.6 Å². The van der Waals surface area contributed by atoms with E-state index in [0.717, 1.165) is 0 Å². The number of anilines is 2. The molecule has 2 N–H and O–H groups in total. The van der Waals surface area contributed by atoms with E-state index >= 15 is 0 Å². The van der Waals surface area contributed by atoms with Crippen LogP contribution in [0.15, 0.2) is 23.1 Å². The summed E-state index contributed by atoms with van der Waals surface area (Å²) < 4.78 is 50.4. The first kappa shape index (κ1) is 24.4. The van der Waals surface area contributed by atoms with Crippen LogP contribution in [0.5, 0.6) is 0 Å². The van der Waals surface area contributed by atoms with Gasteiger partial charge in [-0.2, -0.15) is 4.31 Å². The molecule has 1 fully saturated rings. The van der Waals surface area contributed by atoms with Crippen molar-refractivity contribution in [1.82, 2.24) is 9.21 Å². The first-order valence-electron chi connectivity index (χ1n) is 10.1. The number of rotatable bonds is 10. The standard InChI is InChI=1S/C19H32N4O5S2/c1-5-20-17-9-8-16(30(27,28)23(6-2)7-3)12-18(17)21-13-19(24)22(4)15-10-11-29(25,26)14-15/h8-9,12,15,20-21H,5-7,10-11,13-14H2,1-4H3. The predicted molar refractivity (Wildman–Crippen MR) is 119 cm³/mol. The molecule has 1 aliphatic heterocycles. The molecule has 0 radical (unpaired) electrons. The Kier molecular flexibility index (Phi) is 8.12. The number of carbonyl (C=O) groups excluding carboxylic acids is 1. The Morgan fingerprint density at radius 3 is 2.33 bits per heavy atom. The maximum absolute atomic E-state index is 12.8.